The lowest BCUT2D eigenvalue weighted by molar-refractivity contribution is -0.161. The number of hydrogen-bond acceptors (Lipinski definition) is 9. The van der Waals surface area contributed by atoms with Crippen LogP contribution in [0.3, 0.4) is 0 Å². The first-order valence-electron chi connectivity index (χ1n) is 21.4. The average Bonchev–Trinajstić information content (AvgIpc) is 3.16. The van der Waals surface area contributed by atoms with Crippen LogP contribution in [0.5, 0.6) is 0 Å². The van der Waals surface area contributed by atoms with Gasteiger partial charge in [0.05, 0.1) is 19.8 Å². The summed E-state index contributed by atoms with van der Waals surface area (Å²) < 4.78 is 32.7. The second-order valence-corrected chi connectivity index (χ2v) is 15.8. The molecule has 0 saturated carbocycles. The van der Waals surface area contributed by atoms with Gasteiger partial charge in [0, 0.05) is 12.8 Å². The summed E-state index contributed by atoms with van der Waals surface area (Å²) in [7, 11) is -4.62. The van der Waals surface area contributed by atoms with Crippen molar-refractivity contribution in [2.45, 2.75) is 199 Å². The molecule has 0 aliphatic carbocycles. The maximum Gasteiger partial charge on any atom is 0.472 e. The van der Waals surface area contributed by atoms with Gasteiger partial charge in [-0.15, -0.1) is 0 Å². The highest BCUT2D eigenvalue weighted by Gasteiger charge is 2.27. The molecule has 0 saturated heterocycles. The first kappa shape index (κ1) is 52.2. The number of phosphoric ester groups is 1. The van der Waals surface area contributed by atoms with E-state index in [1.165, 1.54) is 70.6 Å². The molecular weight excluding hydrogens is 707 g/mol. The number of aliphatic hydroxyl groups excluding tert-OH is 2. The van der Waals surface area contributed by atoms with Crippen LogP contribution in [0.1, 0.15) is 187 Å². The summed E-state index contributed by atoms with van der Waals surface area (Å²) in [6, 6.07) is 0. The van der Waals surface area contributed by atoms with Crippen LogP contribution in [-0.4, -0.2) is 65.7 Å². The van der Waals surface area contributed by atoms with E-state index in [2.05, 4.69) is 54.8 Å². The van der Waals surface area contributed by atoms with Crippen LogP contribution in [0.4, 0.5) is 0 Å². The molecule has 0 spiro atoms. The predicted octanol–water partition coefficient (Wildman–Crippen LogP) is 11.2. The molecule has 54 heavy (non-hydrogen) atoms. The third-order valence-corrected chi connectivity index (χ3v) is 9.97. The van der Waals surface area contributed by atoms with Gasteiger partial charge in [-0.2, -0.15) is 0 Å². The van der Waals surface area contributed by atoms with Gasteiger partial charge in [0.25, 0.3) is 0 Å². The minimum Gasteiger partial charge on any atom is -0.462 e. The highest BCUT2D eigenvalue weighted by Crippen LogP contribution is 2.43. The van der Waals surface area contributed by atoms with Crippen molar-refractivity contribution >= 4 is 19.8 Å². The molecule has 0 radical (unpaired) electrons. The summed E-state index contributed by atoms with van der Waals surface area (Å²) in [5.74, 6) is -0.949. The lowest BCUT2D eigenvalue weighted by Gasteiger charge is -2.20. The van der Waals surface area contributed by atoms with Crippen molar-refractivity contribution in [3.63, 3.8) is 0 Å². The number of carbonyl (C=O) groups excluding carboxylic acids is 2. The van der Waals surface area contributed by atoms with Gasteiger partial charge in [-0.05, 0) is 70.6 Å². The van der Waals surface area contributed by atoms with Crippen LogP contribution in [0.25, 0.3) is 0 Å². The summed E-state index contributed by atoms with van der Waals surface area (Å²) in [5, 5.41) is 18.3. The van der Waals surface area contributed by atoms with Crippen molar-refractivity contribution < 1.29 is 47.8 Å². The summed E-state index contributed by atoms with van der Waals surface area (Å²) in [4.78, 5) is 34.9. The summed E-state index contributed by atoms with van der Waals surface area (Å²) in [6.07, 6.45) is 39.6. The number of phosphoric acid groups is 1. The molecule has 0 rings (SSSR count). The molecule has 10 nitrogen and oxygen atoms in total. The Morgan fingerprint density at radius 2 is 0.963 bits per heavy atom. The van der Waals surface area contributed by atoms with E-state index < -0.39 is 51.8 Å². The quantitative estimate of drug-likeness (QED) is 0.0237. The Bertz CT molecular complexity index is 999. The van der Waals surface area contributed by atoms with E-state index in [-0.39, 0.29) is 19.4 Å². The van der Waals surface area contributed by atoms with Crippen molar-refractivity contribution in [1.29, 1.82) is 0 Å². The molecule has 0 aliphatic rings. The summed E-state index contributed by atoms with van der Waals surface area (Å²) in [6.45, 7) is 2.33. The highest BCUT2D eigenvalue weighted by molar-refractivity contribution is 7.47. The maximum atomic E-state index is 12.6. The number of carbonyl (C=O) groups is 2. The minimum atomic E-state index is -4.62. The second kappa shape index (κ2) is 39.4. The van der Waals surface area contributed by atoms with E-state index in [1.54, 1.807) is 0 Å². The molecule has 3 atom stereocenters. The number of ether oxygens (including phenoxy) is 2. The van der Waals surface area contributed by atoms with Crippen molar-refractivity contribution in [3.8, 4) is 0 Å². The van der Waals surface area contributed by atoms with Gasteiger partial charge in [-0.3, -0.25) is 18.6 Å². The molecule has 0 fully saturated rings. The fourth-order valence-corrected chi connectivity index (χ4v) is 6.45. The van der Waals surface area contributed by atoms with Gasteiger partial charge >= 0.3 is 19.8 Å². The number of hydrogen-bond donors (Lipinski definition) is 3. The van der Waals surface area contributed by atoms with Gasteiger partial charge < -0.3 is 24.6 Å². The van der Waals surface area contributed by atoms with Crippen LogP contribution in [0.15, 0.2) is 36.5 Å². The Kier molecular flexibility index (Phi) is 38.1. The summed E-state index contributed by atoms with van der Waals surface area (Å²) >= 11 is 0. The molecule has 0 aromatic carbocycles. The van der Waals surface area contributed by atoms with E-state index in [1.807, 2.05) is 0 Å². The largest absolute Gasteiger partial charge is 0.472 e. The monoisotopic (exact) mass is 787 g/mol. The molecule has 3 unspecified atom stereocenters. The Hall–Kier alpha value is -1.81. The zero-order chi connectivity index (χ0) is 39.8. The smallest absolute Gasteiger partial charge is 0.462 e. The number of aliphatic hydroxyl groups is 2. The first-order chi connectivity index (χ1) is 26.2. The number of allylic oxidation sites excluding steroid dienone is 6. The fourth-order valence-electron chi connectivity index (χ4n) is 5.66. The van der Waals surface area contributed by atoms with E-state index in [0.29, 0.717) is 12.8 Å². The van der Waals surface area contributed by atoms with Crippen LogP contribution in [-0.2, 0) is 32.7 Å². The van der Waals surface area contributed by atoms with Gasteiger partial charge in [0.2, 0.25) is 0 Å². The number of esters is 2. The third kappa shape index (κ3) is 38.5. The maximum absolute atomic E-state index is 12.6. The molecular formula is C43H79O10P. The van der Waals surface area contributed by atoms with Crippen molar-refractivity contribution in [2.24, 2.45) is 0 Å². The van der Waals surface area contributed by atoms with Gasteiger partial charge in [-0.25, -0.2) is 4.57 Å². The molecule has 0 bridgehead atoms. The Balaban J connectivity index is 4.34. The molecule has 0 aromatic heterocycles. The molecule has 0 amide bonds. The predicted molar refractivity (Wildman–Crippen MR) is 219 cm³/mol. The highest BCUT2D eigenvalue weighted by atomic mass is 31.2. The first-order valence-corrected chi connectivity index (χ1v) is 22.9. The average molecular weight is 787 g/mol. The number of rotatable bonds is 40. The lowest BCUT2D eigenvalue weighted by atomic mass is 10.1. The third-order valence-electron chi connectivity index (χ3n) is 9.02. The normalized spacial score (nSPS) is 14.2. The zero-order valence-corrected chi connectivity index (χ0v) is 35.1. The van der Waals surface area contributed by atoms with E-state index in [9.17, 15) is 24.2 Å². The number of unbranched alkanes of at least 4 members (excludes halogenated alkanes) is 20. The SMILES string of the molecule is CCCCC/C=C\C/C=C\CCCCCCCC(=O)OC(COC(=O)CCCCCCC/C=C\CCCCCCCCC)COP(=O)(O)OCC(O)CO. The Morgan fingerprint density at radius 3 is 1.48 bits per heavy atom. The lowest BCUT2D eigenvalue weighted by Crippen LogP contribution is -2.29. The van der Waals surface area contributed by atoms with Gasteiger partial charge in [0.15, 0.2) is 6.10 Å². The second-order valence-electron chi connectivity index (χ2n) is 14.4. The van der Waals surface area contributed by atoms with Crippen LogP contribution in [0.2, 0.25) is 0 Å². The van der Waals surface area contributed by atoms with Crippen molar-refractivity contribution in [1.82, 2.24) is 0 Å². The van der Waals surface area contributed by atoms with Gasteiger partial charge in [0.1, 0.15) is 12.7 Å². The Morgan fingerprint density at radius 1 is 0.556 bits per heavy atom. The zero-order valence-electron chi connectivity index (χ0n) is 34.2. The topological polar surface area (TPSA) is 149 Å². The Labute approximate surface area is 329 Å². The van der Waals surface area contributed by atoms with E-state index >= 15 is 0 Å². The minimum absolute atomic E-state index is 0.167. The molecule has 0 aromatic rings. The molecule has 316 valence electrons. The molecule has 0 aliphatic heterocycles. The van der Waals surface area contributed by atoms with Crippen LogP contribution < -0.4 is 0 Å². The standard InChI is InChI=1S/C43H79O10P/c1-3-5-7-9-11-13-15-17-19-21-22-24-26-28-30-32-34-42(46)50-38-41(39-52-54(48,49)51-37-40(45)36-44)53-43(47)35-33-31-29-27-25-23-20-18-16-14-12-10-8-6-4-2/h12,14,18-21,40-41,44-45H,3-11,13,15-17,22-39H2,1-2H3,(H,48,49)/b14-12-,20-18-,21-19-. The van der Waals surface area contributed by atoms with Crippen molar-refractivity contribution in [3.05, 3.63) is 36.5 Å². The summed E-state index contributed by atoms with van der Waals surface area (Å²) in [5.41, 5.74) is 0. The fraction of sp³-hybridized carbons (Fsp3) is 0.814. The van der Waals surface area contributed by atoms with E-state index in [4.69, 9.17) is 19.1 Å². The molecule has 3 N–H and O–H groups in total. The van der Waals surface area contributed by atoms with Crippen LogP contribution in [0, 0.1) is 0 Å². The van der Waals surface area contributed by atoms with Crippen LogP contribution >= 0.6 is 7.82 Å². The van der Waals surface area contributed by atoms with Gasteiger partial charge in [-0.1, -0.05) is 140 Å². The van der Waals surface area contributed by atoms with Crippen molar-refractivity contribution in [2.75, 3.05) is 26.4 Å². The molecule has 11 heteroatoms. The molecule has 0 heterocycles. The van der Waals surface area contributed by atoms with E-state index in [0.717, 1.165) is 77.0 Å².